The van der Waals surface area contributed by atoms with Crippen LogP contribution in [0, 0.1) is 11.8 Å². The van der Waals surface area contributed by atoms with Gasteiger partial charge in [-0.3, -0.25) is 4.79 Å². The maximum absolute atomic E-state index is 12.5. The van der Waals surface area contributed by atoms with E-state index in [2.05, 4.69) is 12.2 Å². The molecule has 1 saturated carbocycles. The van der Waals surface area contributed by atoms with Gasteiger partial charge in [0.25, 0.3) is 0 Å². The van der Waals surface area contributed by atoms with E-state index in [9.17, 15) is 14.7 Å². The number of nitrogens with one attached hydrogen (secondary N) is 1. The summed E-state index contributed by atoms with van der Waals surface area (Å²) in [6, 6.07) is 0. The van der Waals surface area contributed by atoms with Crippen LogP contribution in [0.15, 0.2) is 0 Å². The molecule has 1 amide bonds. The Morgan fingerprint density at radius 2 is 1.82 bits per heavy atom. The summed E-state index contributed by atoms with van der Waals surface area (Å²) < 4.78 is 0. The second-order valence-corrected chi connectivity index (χ2v) is 8.07. The first-order valence-corrected chi connectivity index (χ1v) is 9.86. The lowest BCUT2D eigenvalue weighted by Crippen LogP contribution is -2.58. The Hall–Kier alpha value is -0.710. The third kappa shape index (κ3) is 4.40. The molecule has 0 unspecified atom stereocenters. The summed E-state index contributed by atoms with van der Waals surface area (Å²) in [6.45, 7) is 2.22. The lowest BCUT2D eigenvalue weighted by molar-refractivity contribution is -0.149. The quantitative estimate of drug-likeness (QED) is 0.784. The zero-order valence-electron chi connectivity index (χ0n) is 13.6. The summed E-state index contributed by atoms with van der Waals surface area (Å²) in [4.78, 5) is 24.2. The summed E-state index contributed by atoms with van der Waals surface area (Å²) in [5, 5.41) is 12.5. The molecule has 22 heavy (non-hydrogen) atoms. The van der Waals surface area contributed by atoms with Gasteiger partial charge in [-0.1, -0.05) is 26.2 Å². The van der Waals surface area contributed by atoms with E-state index in [1.54, 1.807) is 11.8 Å². The number of aliphatic carboxylic acids is 1. The maximum Gasteiger partial charge on any atom is 0.329 e. The number of hydrogen-bond acceptors (Lipinski definition) is 3. The highest BCUT2D eigenvalue weighted by molar-refractivity contribution is 7.99. The van der Waals surface area contributed by atoms with Gasteiger partial charge >= 0.3 is 5.97 Å². The number of amides is 1. The molecule has 5 heteroatoms. The van der Waals surface area contributed by atoms with Gasteiger partial charge < -0.3 is 10.4 Å². The first-order chi connectivity index (χ1) is 10.6. The van der Waals surface area contributed by atoms with Crippen molar-refractivity contribution in [2.75, 3.05) is 11.5 Å². The van der Waals surface area contributed by atoms with E-state index in [1.807, 2.05) is 0 Å². The molecular formula is C17H29NO3S. The van der Waals surface area contributed by atoms with Crippen molar-refractivity contribution in [1.29, 1.82) is 0 Å². The molecule has 0 radical (unpaired) electrons. The second-order valence-electron chi connectivity index (χ2n) is 6.85. The average molecular weight is 327 g/mol. The number of rotatable bonds is 6. The van der Waals surface area contributed by atoms with Gasteiger partial charge in [-0.15, -0.1) is 0 Å². The molecule has 0 aromatic heterocycles. The molecule has 1 saturated heterocycles. The van der Waals surface area contributed by atoms with Crippen molar-refractivity contribution in [1.82, 2.24) is 5.32 Å². The Morgan fingerprint density at radius 1 is 1.18 bits per heavy atom. The first-order valence-electron chi connectivity index (χ1n) is 8.70. The molecule has 1 aliphatic carbocycles. The molecule has 2 rings (SSSR count). The molecule has 1 heterocycles. The van der Waals surface area contributed by atoms with Crippen molar-refractivity contribution in [3.8, 4) is 0 Å². The summed E-state index contributed by atoms with van der Waals surface area (Å²) in [5.41, 5.74) is -1.01. The molecular weight excluding hydrogens is 298 g/mol. The Morgan fingerprint density at radius 3 is 2.36 bits per heavy atom. The molecule has 2 fully saturated rings. The third-order valence-corrected chi connectivity index (χ3v) is 6.29. The lowest BCUT2D eigenvalue weighted by atomic mass is 9.79. The predicted molar refractivity (Wildman–Crippen MR) is 90.0 cm³/mol. The van der Waals surface area contributed by atoms with Gasteiger partial charge in [-0.25, -0.2) is 4.79 Å². The van der Waals surface area contributed by atoms with Gasteiger partial charge in [-0.2, -0.15) is 11.8 Å². The molecule has 0 bridgehead atoms. The van der Waals surface area contributed by atoms with Crippen molar-refractivity contribution in [3.05, 3.63) is 0 Å². The van der Waals surface area contributed by atoms with Gasteiger partial charge in [0.05, 0.1) is 0 Å². The maximum atomic E-state index is 12.5. The van der Waals surface area contributed by atoms with Crippen molar-refractivity contribution in [2.45, 2.75) is 70.3 Å². The van der Waals surface area contributed by atoms with E-state index in [1.165, 1.54) is 19.3 Å². The zero-order chi connectivity index (χ0) is 16.0. The number of carboxylic acid groups (broad SMARTS) is 1. The van der Waals surface area contributed by atoms with Crippen LogP contribution in [0.25, 0.3) is 0 Å². The van der Waals surface area contributed by atoms with Crippen LogP contribution in [0.1, 0.15) is 64.7 Å². The molecule has 2 N–H and O–H groups in total. The van der Waals surface area contributed by atoms with Crippen molar-refractivity contribution >= 4 is 23.6 Å². The highest BCUT2D eigenvalue weighted by atomic mass is 32.2. The minimum absolute atomic E-state index is 0.0173. The van der Waals surface area contributed by atoms with Crippen LogP contribution in [-0.4, -0.2) is 34.0 Å². The number of carboxylic acids is 1. The van der Waals surface area contributed by atoms with Gasteiger partial charge in [0.15, 0.2) is 0 Å². The zero-order valence-corrected chi connectivity index (χ0v) is 14.4. The highest BCUT2D eigenvalue weighted by Crippen LogP contribution is 2.33. The van der Waals surface area contributed by atoms with Gasteiger partial charge in [0.2, 0.25) is 5.91 Å². The van der Waals surface area contributed by atoms with Crippen molar-refractivity contribution in [2.24, 2.45) is 11.8 Å². The predicted octanol–water partition coefficient (Wildman–Crippen LogP) is 3.45. The normalized spacial score (nSPS) is 28.0. The Kier molecular flexibility index (Phi) is 6.60. The van der Waals surface area contributed by atoms with Crippen LogP contribution >= 0.6 is 11.8 Å². The molecule has 0 aromatic rings. The standard InChI is InChI=1S/C17H29NO3S/c1-2-3-4-13-5-7-14(8-6-13)15(19)18-17(16(20)21)9-11-22-12-10-17/h13-14H,2-12H2,1H3,(H,18,19)(H,20,21). The van der Waals surface area contributed by atoms with E-state index < -0.39 is 11.5 Å². The SMILES string of the molecule is CCCCC1CCC(C(=O)NC2(C(=O)O)CCSCC2)CC1. The molecule has 2 aliphatic rings. The third-order valence-electron chi connectivity index (χ3n) is 5.30. The van der Waals surface area contributed by atoms with Crippen molar-refractivity contribution in [3.63, 3.8) is 0 Å². The number of carbonyl (C=O) groups is 2. The van der Waals surface area contributed by atoms with Crippen LogP contribution in [0.2, 0.25) is 0 Å². The number of hydrogen-bond donors (Lipinski definition) is 2. The van der Waals surface area contributed by atoms with Crippen LogP contribution in [0.3, 0.4) is 0 Å². The average Bonchev–Trinajstić information content (AvgIpc) is 2.54. The fourth-order valence-corrected chi connectivity index (χ4v) is 4.85. The Bertz CT molecular complexity index is 385. The minimum Gasteiger partial charge on any atom is -0.480 e. The van der Waals surface area contributed by atoms with E-state index in [-0.39, 0.29) is 11.8 Å². The molecule has 0 spiro atoms. The number of thioether (sulfide) groups is 1. The van der Waals surface area contributed by atoms with Gasteiger partial charge in [-0.05, 0) is 55.9 Å². The largest absolute Gasteiger partial charge is 0.480 e. The van der Waals surface area contributed by atoms with Crippen LogP contribution in [-0.2, 0) is 9.59 Å². The Balaban J connectivity index is 1.85. The Labute approximate surface area is 137 Å². The molecule has 4 nitrogen and oxygen atoms in total. The van der Waals surface area contributed by atoms with E-state index in [0.29, 0.717) is 12.8 Å². The lowest BCUT2D eigenvalue weighted by Gasteiger charge is -2.36. The van der Waals surface area contributed by atoms with Crippen LogP contribution in [0.4, 0.5) is 0 Å². The molecule has 0 atom stereocenters. The topological polar surface area (TPSA) is 66.4 Å². The van der Waals surface area contributed by atoms with E-state index in [4.69, 9.17) is 0 Å². The second kappa shape index (κ2) is 8.23. The van der Waals surface area contributed by atoms with E-state index >= 15 is 0 Å². The summed E-state index contributed by atoms with van der Waals surface area (Å²) >= 11 is 1.77. The van der Waals surface area contributed by atoms with Crippen LogP contribution < -0.4 is 5.32 Å². The first kappa shape index (κ1) is 17.6. The smallest absolute Gasteiger partial charge is 0.329 e. The minimum atomic E-state index is -1.01. The summed E-state index contributed by atoms with van der Waals surface area (Å²) in [5.74, 6) is 1.53. The van der Waals surface area contributed by atoms with Crippen molar-refractivity contribution < 1.29 is 14.7 Å². The summed E-state index contributed by atoms with van der Waals surface area (Å²) in [7, 11) is 0. The fraction of sp³-hybridized carbons (Fsp3) is 0.882. The molecule has 126 valence electrons. The fourth-order valence-electron chi connectivity index (χ4n) is 3.66. The van der Waals surface area contributed by atoms with Crippen LogP contribution in [0.5, 0.6) is 0 Å². The highest BCUT2D eigenvalue weighted by Gasteiger charge is 2.42. The van der Waals surface area contributed by atoms with Gasteiger partial charge in [0.1, 0.15) is 5.54 Å². The van der Waals surface area contributed by atoms with Gasteiger partial charge in [0, 0.05) is 5.92 Å². The molecule has 0 aromatic carbocycles. The number of carbonyl (C=O) groups excluding carboxylic acids is 1. The number of unbranched alkanes of at least 4 members (excludes halogenated alkanes) is 1. The molecule has 1 aliphatic heterocycles. The monoisotopic (exact) mass is 327 g/mol. The van der Waals surface area contributed by atoms with E-state index in [0.717, 1.165) is 43.1 Å². The summed E-state index contributed by atoms with van der Waals surface area (Å²) in [6.07, 6.45) is 8.97.